The van der Waals surface area contributed by atoms with Crippen LogP contribution in [0.3, 0.4) is 0 Å². The first-order chi connectivity index (χ1) is 12.5. The quantitative estimate of drug-likeness (QED) is 0.733. The van der Waals surface area contributed by atoms with Crippen LogP contribution >= 0.6 is 0 Å². The van der Waals surface area contributed by atoms with Gasteiger partial charge in [-0.3, -0.25) is 4.79 Å². The Hall–Kier alpha value is -3.08. The fraction of sp³-hybridized carbons (Fsp3) is 0.238. The molecule has 2 aromatic carbocycles. The fourth-order valence-corrected chi connectivity index (χ4v) is 2.59. The average Bonchev–Trinajstić information content (AvgIpc) is 3.05. The normalized spacial score (nSPS) is 11.8. The second kappa shape index (κ2) is 7.87. The number of nitrogens with zero attached hydrogens (tertiary/aromatic N) is 2. The number of hydrogen-bond donors (Lipinski definition) is 1. The Kier molecular flexibility index (Phi) is 5.37. The van der Waals surface area contributed by atoms with Crippen LogP contribution in [0.15, 0.2) is 60.8 Å². The van der Waals surface area contributed by atoms with E-state index in [4.69, 9.17) is 4.74 Å². The molecule has 1 heterocycles. The molecule has 5 heteroatoms. The molecule has 134 valence electrons. The number of carbonyl (C=O) groups is 1. The van der Waals surface area contributed by atoms with Gasteiger partial charge in [0.2, 0.25) is 0 Å². The van der Waals surface area contributed by atoms with E-state index in [9.17, 15) is 4.79 Å². The molecule has 0 fully saturated rings. The van der Waals surface area contributed by atoms with Gasteiger partial charge in [0.15, 0.2) is 6.10 Å². The van der Waals surface area contributed by atoms with Crippen LogP contribution in [0, 0.1) is 13.8 Å². The zero-order valence-electron chi connectivity index (χ0n) is 15.3. The summed E-state index contributed by atoms with van der Waals surface area (Å²) < 4.78 is 7.54. The van der Waals surface area contributed by atoms with Crippen molar-refractivity contribution >= 4 is 11.7 Å². The van der Waals surface area contributed by atoms with Gasteiger partial charge in [-0.25, -0.2) is 4.68 Å². The van der Waals surface area contributed by atoms with Crippen molar-refractivity contribution in [2.24, 2.45) is 0 Å². The lowest BCUT2D eigenvalue weighted by molar-refractivity contribution is -0.122. The number of amides is 1. The first-order valence-electron chi connectivity index (χ1n) is 8.63. The van der Waals surface area contributed by atoms with Gasteiger partial charge >= 0.3 is 0 Å². The van der Waals surface area contributed by atoms with Crippen LogP contribution in [0.5, 0.6) is 5.75 Å². The maximum atomic E-state index is 12.5. The molecule has 0 unspecified atom stereocenters. The summed E-state index contributed by atoms with van der Waals surface area (Å²) in [5.74, 6) is 1.13. The van der Waals surface area contributed by atoms with E-state index in [0.717, 1.165) is 11.1 Å². The maximum Gasteiger partial charge on any atom is 0.266 e. The molecule has 0 aliphatic rings. The predicted octanol–water partition coefficient (Wildman–Crippen LogP) is 3.95. The van der Waals surface area contributed by atoms with Crippen molar-refractivity contribution in [2.45, 2.75) is 33.4 Å². The number of nitrogens with one attached hydrogen (secondary N) is 1. The van der Waals surface area contributed by atoms with Gasteiger partial charge in [-0.1, -0.05) is 36.4 Å². The topological polar surface area (TPSA) is 56.1 Å². The van der Waals surface area contributed by atoms with Crippen molar-refractivity contribution < 1.29 is 9.53 Å². The summed E-state index contributed by atoms with van der Waals surface area (Å²) in [5.41, 5.74) is 3.45. The highest BCUT2D eigenvalue weighted by Crippen LogP contribution is 2.18. The molecule has 1 N–H and O–H groups in total. The molecule has 26 heavy (non-hydrogen) atoms. The summed E-state index contributed by atoms with van der Waals surface area (Å²) in [6.07, 6.45) is 1.06. The smallest absolute Gasteiger partial charge is 0.266 e. The molecule has 0 saturated heterocycles. The molecular formula is C21H23N3O2. The number of aromatic nitrogens is 2. The number of ether oxygens (including phenoxy) is 1. The Morgan fingerprint density at radius 3 is 2.62 bits per heavy atom. The van der Waals surface area contributed by atoms with Crippen molar-refractivity contribution in [3.8, 4) is 5.75 Å². The number of benzene rings is 2. The van der Waals surface area contributed by atoms with Crippen LogP contribution in [0.4, 0.5) is 5.82 Å². The summed E-state index contributed by atoms with van der Waals surface area (Å²) in [5, 5.41) is 7.18. The summed E-state index contributed by atoms with van der Waals surface area (Å²) in [6.45, 7) is 6.40. The van der Waals surface area contributed by atoms with Crippen molar-refractivity contribution in [3.63, 3.8) is 0 Å². The standard InChI is InChI=1S/C21H23N3O2/c1-15-9-10-19(13-16(15)2)26-17(3)21(25)23-20-11-12-22-24(20)14-18-7-5-4-6-8-18/h4-13,17H,14H2,1-3H3,(H,23,25)/t17-/m0/s1. The second-order valence-corrected chi connectivity index (χ2v) is 6.36. The van der Waals surface area contributed by atoms with Gasteiger partial charge in [0.05, 0.1) is 12.7 Å². The van der Waals surface area contributed by atoms with Gasteiger partial charge in [-0.2, -0.15) is 5.10 Å². The van der Waals surface area contributed by atoms with Crippen LogP contribution in [-0.2, 0) is 11.3 Å². The van der Waals surface area contributed by atoms with E-state index >= 15 is 0 Å². The molecule has 3 rings (SSSR count). The zero-order valence-corrected chi connectivity index (χ0v) is 15.3. The molecule has 3 aromatic rings. The molecular weight excluding hydrogens is 326 g/mol. The highest BCUT2D eigenvalue weighted by atomic mass is 16.5. The van der Waals surface area contributed by atoms with E-state index in [2.05, 4.69) is 10.4 Å². The van der Waals surface area contributed by atoms with Crippen LogP contribution in [0.1, 0.15) is 23.6 Å². The predicted molar refractivity (Wildman–Crippen MR) is 102 cm³/mol. The third-order valence-corrected chi connectivity index (χ3v) is 4.30. The number of aryl methyl sites for hydroxylation is 2. The van der Waals surface area contributed by atoms with Gasteiger partial charge < -0.3 is 10.1 Å². The lowest BCUT2D eigenvalue weighted by Crippen LogP contribution is -2.31. The molecule has 0 bridgehead atoms. The number of anilines is 1. The Balaban J connectivity index is 1.64. The van der Waals surface area contributed by atoms with Crippen molar-refractivity contribution in [3.05, 3.63) is 77.5 Å². The fourth-order valence-electron chi connectivity index (χ4n) is 2.59. The van der Waals surface area contributed by atoms with Gasteiger partial charge in [-0.15, -0.1) is 0 Å². The summed E-state index contributed by atoms with van der Waals surface area (Å²) in [6, 6.07) is 17.6. The number of rotatable bonds is 6. The number of hydrogen-bond acceptors (Lipinski definition) is 3. The minimum absolute atomic E-state index is 0.210. The summed E-state index contributed by atoms with van der Waals surface area (Å²) in [4.78, 5) is 12.5. The molecule has 5 nitrogen and oxygen atoms in total. The van der Waals surface area contributed by atoms with E-state index in [1.54, 1.807) is 23.9 Å². The maximum absolute atomic E-state index is 12.5. The van der Waals surface area contributed by atoms with Crippen LogP contribution < -0.4 is 10.1 Å². The highest BCUT2D eigenvalue weighted by molar-refractivity contribution is 5.93. The van der Waals surface area contributed by atoms with Crippen molar-refractivity contribution in [2.75, 3.05) is 5.32 Å². The van der Waals surface area contributed by atoms with Crippen LogP contribution in [-0.4, -0.2) is 21.8 Å². The SMILES string of the molecule is Cc1ccc(O[C@@H](C)C(=O)Nc2ccnn2Cc2ccccc2)cc1C. The molecule has 0 aliphatic heterocycles. The van der Waals surface area contributed by atoms with Gasteiger partial charge in [0.1, 0.15) is 11.6 Å². The van der Waals surface area contributed by atoms with E-state index in [-0.39, 0.29) is 5.91 Å². The van der Waals surface area contributed by atoms with Crippen molar-refractivity contribution in [1.29, 1.82) is 0 Å². The molecule has 1 atom stereocenters. The minimum Gasteiger partial charge on any atom is -0.481 e. The lowest BCUT2D eigenvalue weighted by atomic mass is 10.1. The monoisotopic (exact) mass is 349 g/mol. The molecule has 0 spiro atoms. The zero-order chi connectivity index (χ0) is 18.5. The summed E-state index contributed by atoms with van der Waals surface area (Å²) >= 11 is 0. The Labute approximate surface area is 153 Å². The Bertz CT molecular complexity index is 887. The van der Waals surface area contributed by atoms with Crippen molar-refractivity contribution in [1.82, 2.24) is 9.78 Å². The first kappa shape index (κ1) is 17.7. The molecule has 0 aliphatic carbocycles. The molecule has 0 radical (unpaired) electrons. The molecule has 1 aromatic heterocycles. The van der Waals surface area contributed by atoms with Gasteiger partial charge in [-0.05, 0) is 49.6 Å². The number of carbonyl (C=O) groups excluding carboxylic acids is 1. The summed E-state index contributed by atoms with van der Waals surface area (Å²) in [7, 11) is 0. The minimum atomic E-state index is -0.614. The van der Waals surface area contributed by atoms with Crippen LogP contribution in [0.25, 0.3) is 0 Å². The first-order valence-corrected chi connectivity index (χ1v) is 8.63. The largest absolute Gasteiger partial charge is 0.481 e. The van der Waals surface area contributed by atoms with E-state index < -0.39 is 6.10 Å². The molecule has 1 amide bonds. The molecule has 0 saturated carbocycles. The second-order valence-electron chi connectivity index (χ2n) is 6.36. The van der Waals surface area contributed by atoms with Gasteiger partial charge in [0, 0.05) is 6.07 Å². The Morgan fingerprint density at radius 2 is 1.88 bits per heavy atom. The lowest BCUT2D eigenvalue weighted by Gasteiger charge is -2.16. The Morgan fingerprint density at radius 1 is 1.12 bits per heavy atom. The third-order valence-electron chi connectivity index (χ3n) is 4.30. The third kappa shape index (κ3) is 4.30. The van der Waals surface area contributed by atoms with E-state index in [0.29, 0.717) is 18.1 Å². The van der Waals surface area contributed by atoms with E-state index in [1.165, 1.54) is 5.56 Å². The van der Waals surface area contributed by atoms with Crippen LogP contribution in [0.2, 0.25) is 0 Å². The van der Waals surface area contributed by atoms with E-state index in [1.807, 2.05) is 62.4 Å². The highest BCUT2D eigenvalue weighted by Gasteiger charge is 2.17. The van der Waals surface area contributed by atoms with Gasteiger partial charge in [0.25, 0.3) is 5.91 Å². The average molecular weight is 349 g/mol.